The Morgan fingerprint density at radius 2 is 2.10 bits per heavy atom. The minimum atomic E-state index is -0.445. The van der Waals surface area contributed by atoms with Crippen LogP contribution in [-0.4, -0.2) is 50.5 Å². The number of H-pyrrole nitrogens is 1. The summed E-state index contributed by atoms with van der Waals surface area (Å²) in [5.41, 5.74) is 1.71. The van der Waals surface area contributed by atoms with Gasteiger partial charge in [-0.15, -0.1) is 0 Å². The minimum Gasteiger partial charge on any atom is -0.391 e. The summed E-state index contributed by atoms with van der Waals surface area (Å²) in [6.45, 7) is 1.01. The van der Waals surface area contributed by atoms with Gasteiger partial charge in [0.25, 0.3) is 5.91 Å². The smallest absolute Gasteiger partial charge is 0.276 e. The number of aromatic nitrogens is 3. The van der Waals surface area contributed by atoms with Crippen molar-refractivity contribution in [3.05, 3.63) is 36.0 Å². The highest BCUT2D eigenvalue weighted by molar-refractivity contribution is 5.97. The van der Waals surface area contributed by atoms with Gasteiger partial charge in [0.2, 0.25) is 0 Å². The van der Waals surface area contributed by atoms with Crippen LogP contribution in [0, 0.1) is 0 Å². The molecule has 6 nitrogen and oxygen atoms in total. The number of hydrogen-bond donors (Lipinski definition) is 2. The highest BCUT2D eigenvalue weighted by atomic mass is 16.3. The summed E-state index contributed by atoms with van der Waals surface area (Å²) < 4.78 is 0. The van der Waals surface area contributed by atoms with Crippen LogP contribution in [0.15, 0.2) is 30.3 Å². The highest BCUT2D eigenvalue weighted by Gasteiger charge is 2.27. The highest BCUT2D eigenvalue weighted by Crippen LogP contribution is 2.21. The van der Waals surface area contributed by atoms with Gasteiger partial charge in [0, 0.05) is 18.7 Å². The molecule has 6 heteroatoms. The molecule has 0 spiro atoms. The molecule has 1 amide bonds. The van der Waals surface area contributed by atoms with Crippen molar-refractivity contribution in [2.24, 2.45) is 0 Å². The van der Waals surface area contributed by atoms with Crippen LogP contribution in [0.2, 0.25) is 0 Å². The Morgan fingerprint density at radius 1 is 1.30 bits per heavy atom. The number of carbonyl (C=O) groups excluding carboxylic acids is 1. The Labute approximate surface area is 116 Å². The number of benzene rings is 1. The zero-order valence-electron chi connectivity index (χ0n) is 11.0. The lowest BCUT2D eigenvalue weighted by atomic mass is 10.1. The Kier molecular flexibility index (Phi) is 3.47. The number of β-amino-alcohol motifs (C(OH)–C–C–N with tert-alkyl or cyclic N) is 1. The molecule has 1 atom stereocenters. The fraction of sp³-hybridized carbons (Fsp3) is 0.357. The molecular formula is C14H16N4O2. The first-order valence-corrected chi connectivity index (χ1v) is 6.69. The summed E-state index contributed by atoms with van der Waals surface area (Å²) in [6, 6.07) is 9.47. The second-order valence-electron chi connectivity index (χ2n) is 4.93. The van der Waals surface area contributed by atoms with E-state index in [0.717, 1.165) is 18.4 Å². The molecule has 2 aromatic rings. The van der Waals surface area contributed by atoms with Gasteiger partial charge in [-0.3, -0.25) is 4.79 Å². The molecule has 2 heterocycles. The first-order valence-electron chi connectivity index (χ1n) is 6.69. The van der Waals surface area contributed by atoms with E-state index in [1.165, 1.54) is 0 Å². The monoisotopic (exact) mass is 272 g/mol. The number of carbonyl (C=O) groups is 1. The normalized spacial score (nSPS) is 19.1. The maximum atomic E-state index is 12.5. The molecule has 20 heavy (non-hydrogen) atoms. The summed E-state index contributed by atoms with van der Waals surface area (Å²) in [6.07, 6.45) is 1.11. The SMILES string of the molecule is O=C(c1n[nH]nc1-c1ccccc1)N1CCC[C@@H](O)C1. The van der Waals surface area contributed by atoms with Crippen molar-refractivity contribution in [1.29, 1.82) is 0 Å². The number of rotatable bonds is 2. The molecule has 1 aliphatic rings. The van der Waals surface area contributed by atoms with E-state index in [1.54, 1.807) is 4.90 Å². The number of nitrogens with zero attached hydrogens (tertiary/aromatic N) is 3. The van der Waals surface area contributed by atoms with Crippen molar-refractivity contribution in [2.75, 3.05) is 13.1 Å². The Bertz CT molecular complexity index is 596. The van der Waals surface area contributed by atoms with E-state index in [-0.39, 0.29) is 5.91 Å². The Balaban J connectivity index is 1.88. The molecule has 2 N–H and O–H groups in total. The Hall–Kier alpha value is -2.21. The lowest BCUT2D eigenvalue weighted by Crippen LogP contribution is -2.42. The number of likely N-dealkylation sites (tertiary alicyclic amines) is 1. The molecule has 1 aromatic heterocycles. The molecule has 1 fully saturated rings. The van der Waals surface area contributed by atoms with Gasteiger partial charge in [0.05, 0.1) is 6.10 Å². The van der Waals surface area contributed by atoms with Crippen molar-refractivity contribution >= 4 is 5.91 Å². The van der Waals surface area contributed by atoms with Gasteiger partial charge in [-0.05, 0) is 12.8 Å². The second-order valence-corrected chi connectivity index (χ2v) is 4.93. The van der Waals surface area contributed by atoms with E-state index in [4.69, 9.17) is 0 Å². The number of hydrogen-bond acceptors (Lipinski definition) is 4. The summed E-state index contributed by atoms with van der Waals surface area (Å²) in [5.74, 6) is -0.184. The molecule has 0 aliphatic carbocycles. The van der Waals surface area contributed by atoms with Crippen molar-refractivity contribution in [1.82, 2.24) is 20.3 Å². The molecule has 0 bridgehead atoms. The van der Waals surface area contributed by atoms with Crippen molar-refractivity contribution in [3.63, 3.8) is 0 Å². The fourth-order valence-corrected chi connectivity index (χ4v) is 2.47. The number of amides is 1. The van der Waals surface area contributed by atoms with E-state index >= 15 is 0 Å². The Morgan fingerprint density at radius 3 is 2.85 bits per heavy atom. The van der Waals surface area contributed by atoms with E-state index in [9.17, 15) is 9.90 Å². The third-order valence-corrected chi connectivity index (χ3v) is 3.48. The van der Waals surface area contributed by atoms with Crippen LogP contribution in [0.4, 0.5) is 0 Å². The predicted molar refractivity (Wildman–Crippen MR) is 73.0 cm³/mol. The van der Waals surface area contributed by atoms with Gasteiger partial charge < -0.3 is 10.0 Å². The second kappa shape index (κ2) is 5.42. The number of aromatic amines is 1. The van der Waals surface area contributed by atoms with Crippen molar-refractivity contribution in [2.45, 2.75) is 18.9 Å². The largest absolute Gasteiger partial charge is 0.391 e. The summed E-state index contributed by atoms with van der Waals surface area (Å²) in [7, 11) is 0. The summed E-state index contributed by atoms with van der Waals surface area (Å²) >= 11 is 0. The van der Waals surface area contributed by atoms with Crippen LogP contribution in [0.3, 0.4) is 0 Å². The molecule has 0 radical (unpaired) electrons. The van der Waals surface area contributed by atoms with Gasteiger partial charge in [-0.25, -0.2) is 0 Å². The van der Waals surface area contributed by atoms with Crippen LogP contribution in [0.25, 0.3) is 11.3 Å². The van der Waals surface area contributed by atoms with Gasteiger partial charge >= 0.3 is 0 Å². The topological polar surface area (TPSA) is 82.1 Å². The molecule has 3 rings (SSSR count). The minimum absolute atomic E-state index is 0.184. The molecule has 0 saturated carbocycles. The standard InChI is InChI=1S/C14H16N4O2/c19-11-7-4-8-18(9-11)14(20)13-12(15-17-16-13)10-5-2-1-3-6-10/h1-3,5-6,11,19H,4,7-9H2,(H,15,16,17)/t11-/m1/s1. The van der Waals surface area contributed by atoms with Gasteiger partial charge in [-0.1, -0.05) is 30.3 Å². The summed E-state index contributed by atoms with van der Waals surface area (Å²) in [5, 5.41) is 20.3. The van der Waals surface area contributed by atoms with E-state index < -0.39 is 6.10 Å². The number of aliphatic hydroxyl groups is 1. The van der Waals surface area contributed by atoms with Crippen LogP contribution >= 0.6 is 0 Å². The lowest BCUT2D eigenvalue weighted by molar-refractivity contribution is 0.0469. The van der Waals surface area contributed by atoms with E-state index in [2.05, 4.69) is 15.4 Å². The first-order chi connectivity index (χ1) is 9.75. The molecule has 1 aromatic carbocycles. The average Bonchev–Trinajstić information content (AvgIpc) is 2.97. The van der Waals surface area contributed by atoms with Crippen LogP contribution in [0.5, 0.6) is 0 Å². The van der Waals surface area contributed by atoms with Gasteiger partial charge in [0.15, 0.2) is 5.69 Å². The molecule has 1 aliphatic heterocycles. The van der Waals surface area contributed by atoms with E-state index in [1.807, 2.05) is 30.3 Å². The third-order valence-electron chi connectivity index (χ3n) is 3.48. The van der Waals surface area contributed by atoms with Crippen molar-refractivity contribution < 1.29 is 9.90 Å². The first kappa shape index (κ1) is 12.8. The lowest BCUT2D eigenvalue weighted by Gasteiger charge is -2.29. The molecule has 1 saturated heterocycles. The zero-order chi connectivity index (χ0) is 13.9. The number of aliphatic hydroxyl groups excluding tert-OH is 1. The molecule has 104 valence electrons. The number of nitrogens with one attached hydrogen (secondary N) is 1. The van der Waals surface area contributed by atoms with Crippen LogP contribution in [0.1, 0.15) is 23.3 Å². The number of piperidine rings is 1. The fourth-order valence-electron chi connectivity index (χ4n) is 2.47. The third kappa shape index (κ3) is 2.42. The molecular weight excluding hydrogens is 256 g/mol. The van der Waals surface area contributed by atoms with E-state index in [0.29, 0.717) is 24.5 Å². The van der Waals surface area contributed by atoms with Crippen LogP contribution in [-0.2, 0) is 0 Å². The maximum Gasteiger partial charge on any atom is 0.276 e. The molecule has 0 unspecified atom stereocenters. The predicted octanol–water partition coefficient (Wildman–Crippen LogP) is 1.07. The quantitative estimate of drug-likeness (QED) is 0.856. The zero-order valence-corrected chi connectivity index (χ0v) is 11.0. The maximum absolute atomic E-state index is 12.5. The van der Waals surface area contributed by atoms with Gasteiger partial charge in [-0.2, -0.15) is 15.4 Å². The summed E-state index contributed by atoms with van der Waals surface area (Å²) in [4.78, 5) is 14.1. The van der Waals surface area contributed by atoms with Crippen molar-refractivity contribution in [3.8, 4) is 11.3 Å². The van der Waals surface area contributed by atoms with Gasteiger partial charge in [0.1, 0.15) is 5.69 Å². The van der Waals surface area contributed by atoms with Crippen LogP contribution < -0.4 is 0 Å². The average molecular weight is 272 g/mol.